The summed E-state index contributed by atoms with van der Waals surface area (Å²) < 4.78 is 62.6. The van der Waals surface area contributed by atoms with Crippen molar-refractivity contribution in [2.45, 2.75) is 25.1 Å². The van der Waals surface area contributed by atoms with Crippen LogP contribution < -0.4 is 5.73 Å². The molecule has 0 saturated heterocycles. The molecule has 0 bridgehead atoms. The zero-order chi connectivity index (χ0) is 12.6. The molecule has 1 heterocycles. The first kappa shape index (κ1) is 12.8. The number of hydrogen-bond acceptors (Lipinski definition) is 2. The highest BCUT2D eigenvalue weighted by Gasteiger charge is 2.42. The van der Waals surface area contributed by atoms with Crippen LogP contribution >= 0.6 is 0 Å². The molecule has 7 heteroatoms. The first-order valence-electron chi connectivity index (χ1n) is 4.26. The average Bonchev–Trinajstić information content (AvgIpc) is 2.16. The number of halogens is 5. The van der Waals surface area contributed by atoms with Gasteiger partial charge in [0.1, 0.15) is 5.54 Å². The Morgan fingerprint density at radius 2 is 1.81 bits per heavy atom. The van der Waals surface area contributed by atoms with E-state index in [1.165, 1.54) is 0 Å². The second-order valence-corrected chi connectivity index (χ2v) is 3.50. The molecule has 0 radical (unpaired) electrons. The highest BCUT2D eigenvalue weighted by atomic mass is 19.4. The van der Waals surface area contributed by atoms with Gasteiger partial charge < -0.3 is 5.73 Å². The fraction of sp³-hybridized carbons (Fsp3) is 0.444. The maximum absolute atomic E-state index is 12.5. The molecular formula is C9H9F5N2. The number of nitrogens with two attached hydrogens (primary N) is 1. The third kappa shape index (κ3) is 2.29. The van der Waals surface area contributed by atoms with Gasteiger partial charge in [-0.15, -0.1) is 0 Å². The number of rotatable bonds is 2. The summed E-state index contributed by atoms with van der Waals surface area (Å²) in [4.78, 5) is 3.39. The van der Waals surface area contributed by atoms with E-state index in [1.54, 1.807) is 0 Å². The number of pyridine rings is 1. The minimum atomic E-state index is -4.73. The normalized spacial score (nSPS) is 16.2. The minimum Gasteiger partial charge on any atom is -0.317 e. The van der Waals surface area contributed by atoms with Crippen LogP contribution in [0.5, 0.6) is 0 Å². The summed E-state index contributed by atoms with van der Waals surface area (Å²) in [5, 5.41) is 0. The first-order valence-corrected chi connectivity index (χ1v) is 4.26. The van der Waals surface area contributed by atoms with Gasteiger partial charge in [0.15, 0.2) is 0 Å². The molecule has 1 aromatic rings. The molecule has 16 heavy (non-hydrogen) atoms. The van der Waals surface area contributed by atoms with Crippen molar-refractivity contribution in [1.29, 1.82) is 0 Å². The first-order chi connectivity index (χ1) is 7.17. The molecule has 0 amide bonds. The highest BCUT2D eigenvalue weighted by molar-refractivity contribution is 5.32. The smallest absolute Gasteiger partial charge is 0.317 e. The van der Waals surface area contributed by atoms with Gasteiger partial charge in [0.2, 0.25) is 0 Å². The van der Waals surface area contributed by atoms with Crippen LogP contribution in [-0.4, -0.2) is 11.4 Å². The molecule has 0 aliphatic rings. The van der Waals surface area contributed by atoms with Crippen molar-refractivity contribution in [3.8, 4) is 0 Å². The van der Waals surface area contributed by atoms with Crippen molar-refractivity contribution < 1.29 is 22.0 Å². The number of nitrogens with zero attached hydrogens (tertiary/aromatic N) is 1. The summed E-state index contributed by atoms with van der Waals surface area (Å²) in [5.74, 6) is 0. The third-order valence-corrected chi connectivity index (χ3v) is 2.16. The van der Waals surface area contributed by atoms with Gasteiger partial charge in [0.25, 0.3) is 6.43 Å². The zero-order valence-corrected chi connectivity index (χ0v) is 8.22. The van der Waals surface area contributed by atoms with Crippen molar-refractivity contribution >= 4 is 0 Å². The summed E-state index contributed by atoms with van der Waals surface area (Å²) in [6.45, 7) is 0.837. The summed E-state index contributed by atoms with van der Waals surface area (Å²) in [6.07, 6.45) is -6.24. The van der Waals surface area contributed by atoms with E-state index in [0.29, 0.717) is 6.07 Å². The number of aromatic nitrogens is 1. The van der Waals surface area contributed by atoms with Gasteiger partial charge in [0.05, 0.1) is 5.56 Å². The molecule has 90 valence electrons. The van der Waals surface area contributed by atoms with E-state index in [-0.39, 0.29) is 0 Å². The van der Waals surface area contributed by atoms with Crippen molar-refractivity contribution in [2.24, 2.45) is 5.73 Å². The molecule has 2 N–H and O–H groups in total. The molecule has 1 unspecified atom stereocenters. The molecule has 0 spiro atoms. The van der Waals surface area contributed by atoms with Crippen molar-refractivity contribution in [1.82, 2.24) is 4.98 Å². The van der Waals surface area contributed by atoms with Crippen molar-refractivity contribution in [3.63, 3.8) is 0 Å². The van der Waals surface area contributed by atoms with E-state index in [1.807, 2.05) is 0 Å². The van der Waals surface area contributed by atoms with E-state index in [9.17, 15) is 22.0 Å². The van der Waals surface area contributed by atoms with Gasteiger partial charge in [-0.05, 0) is 13.0 Å². The lowest BCUT2D eigenvalue weighted by Crippen LogP contribution is -2.42. The predicted octanol–water partition coefficient (Wildman–Crippen LogP) is 2.54. The van der Waals surface area contributed by atoms with Gasteiger partial charge in [-0.3, -0.25) is 4.98 Å². The summed E-state index contributed by atoms with van der Waals surface area (Å²) >= 11 is 0. The second kappa shape index (κ2) is 3.97. The molecule has 0 aliphatic heterocycles. The van der Waals surface area contributed by atoms with E-state index >= 15 is 0 Å². The molecule has 1 atom stereocenters. The lowest BCUT2D eigenvalue weighted by molar-refractivity contribution is -0.139. The summed E-state index contributed by atoms with van der Waals surface area (Å²) in [6, 6.07) is 0.628. The SMILES string of the molecule is CC(N)(c1cnccc1C(F)(F)F)C(F)F. The Labute approximate surface area is 88.3 Å². The highest BCUT2D eigenvalue weighted by Crippen LogP contribution is 2.37. The molecule has 0 fully saturated rings. The quantitative estimate of drug-likeness (QED) is 0.807. The van der Waals surface area contributed by atoms with Gasteiger partial charge in [-0.25, -0.2) is 8.78 Å². The Hall–Kier alpha value is -1.24. The average molecular weight is 240 g/mol. The van der Waals surface area contributed by atoms with Crippen LogP contribution in [0.1, 0.15) is 18.1 Å². The lowest BCUT2D eigenvalue weighted by atomic mass is 9.91. The fourth-order valence-corrected chi connectivity index (χ4v) is 1.19. The molecule has 2 nitrogen and oxygen atoms in total. The van der Waals surface area contributed by atoms with Gasteiger partial charge >= 0.3 is 6.18 Å². The van der Waals surface area contributed by atoms with E-state index < -0.39 is 29.3 Å². The van der Waals surface area contributed by atoms with Gasteiger partial charge in [-0.2, -0.15) is 13.2 Å². The van der Waals surface area contributed by atoms with Crippen LogP contribution in [0.25, 0.3) is 0 Å². The largest absolute Gasteiger partial charge is 0.416 e. The van der Waals surface area contributed by atoms with Crippen LogP contribution in [0.4, 0.5) is 22.0 Å². The maximum Gasteiger partial charge on any atom is 0.416 e. The second-order valence-electron chi connectivity index (χ2n) is 3.50. The van der Waals surface area contributed by atoms with Crippen LogP contribution in [0.3, 0.4) is 0 Å². The Morgan fingerprint density at radius 1 is 1.25 bits per heavy atom. The molecular weight excluding hydrogens is 231 g/mol. The number of hydrogen-bond donors (Lipinski definition) is 1. The number of alkyl halides is 5. The fourth-order valence-electron chi connectivity index (χ4n) is 1.19. The van der Waals surface area contributed by atoms with Crippen molar-refractivity contribution in [3.05, 3.63) is 29.6 Å². The standard InChI is InChI=1S/C9H9F5N2/c1-8(15,7(10)11)6-4-16-3-2-5(6)9(12,13)14/h2-4,7H,15H2,1H3. The topological polar surface area (TPSA) is 38.9 Å². The zero-order valence-electron chi connectivity index (χ0n) is 8.22. The van der Waals surface area contributed by atoms with E-state index in [4.69, 9.17) is 5.73 Å². The van der Waals surface area contributed by atoms with Crippen LogP contribution in [-0.2, 0) is 11.7 Å². The van der Waals surface area contributed by atoms with E-state index in [0.717, 1.165) is 19.3 Å². The van der Waals surface area contributed by atoms with Gasteiger partial charge in [-0.1, -0.05) is 0 Å². The van der Waals surface area contributed by atoms with Crippen LogP contribution in [0, 0.1) is 0 Å². The predicted molar refractivity (Wildman–Crippen MR) is 46.8 cm³/mol. The van der Waals surface area contributed by atoms with Gasteiger partial charge in [0, 0.05) is 18.0 Å². The Morgan fingerprint density at radius 3 is 2.25 bits per heavy atom. The van der Waals surface area contributed by atoms with Crippen LogP contribution in [0.15, 0.2) is 18.5 Å². The lowest BCUT2D eigenvalue weighted by Gasteiger charge is -2.26. The molecule has 1 aromatic heterocycles. The molecule has 0 saturated carbocycles. The van der Waals surface area contributed by atoms with Crippen LogP contribution in [0.2, 0.25) is 0 Å². The van der Waals surface area contributed by atoms with E-state index in [2.05, 4.69) is 4.98 Å². The third-order valence-electron chi connectivity index (χ3n) is 2.16. The molecule has 0 aromatic carbocycles. The summed E-state index contributed by atoms with van der Waals surface area (Å²) in [7, 11) is 0. The summed E-state index contributed by atoms with van der Waals surface area (Å²) in [5.41, 5.74) is 0.915. The molecule has 1 rings (SSSR count). The molecule has 0 aliphatic carbocycles. The Balaban J connectivity index is 3.35. The van der Waals surface area contributed by atoms with Crippen molar-refractivity contribution in [2.75, 3.05) is 0 Å². The Bertz CT molecular complexity index is 372. The maximum atomic E-state index is 12.5. The monoisotopic (exact) mass is 240 g/mol. The Kier molecular flexibility index (Phi) is 3.18. The minimum absolute atomic E-state index is 0.628.